The Morgan fingerprint density at radius 1 is 1.36 bits per heavy atom. The summed E-state index contributed by atoms with van der Waals surface area (Å²) in [5, 5.41) is 11.4. The number of nitrogens with one attached hydrogen (secondary N) is 1. The molecule has 0 radical (unpaired) electrons. The summed E-state index contributed by atoms with van der Waals surface area (Å²) < 4.78 is 7.80. The minimum absolute atomic E-state index is 0.249. The molecule has 1 aromatic carbocycles. The Labute approximate surface area is 136 Å². The molecular weight excluding hydrogens is 296 g/mol. The molecule has 6 heteroatoms. The van der Waals surface area contributed by atoms with Gasteiger partial charge in [0.1, 0.15) is 5.75 Å². The monoisotopic (exact) mass is 318 g/mol. The SMILES string of the molecule is CCCCOc1ccc(/C=N\n2c(C(C)C)n[nH]c2=S)cc1. The number of hydrogen-bond acceptors (Lipinski definition) is 4. The first-order chi connectivity index (χ1) is 10.6. The fraction of sp³-hybridized carbons (Fsp3) is 0.438. The molecular formula is C16H22N4OS. The largest absolute Gasteiger partial charge is 0.494 e. The van der Waals surface area contributed by atoms with Crippen LogP contribution >= 0.6 is 12.2 Å². The van der Waals surface area contributed by atoms with Crippen molar-refractivity contribution in [3.05, 3.63) is 40.4 Å². The van der Waals surface area contributed by atoms with Crippen molar-refractivity contribution in [2.45, 2.75) is 39.5 Å². The van der Waals surface area contributed by atoms with E-state index >= 15 is 0 Å². The van der Waals surface area contributed by atoms with E-state index < -0.39 is 0 Å². The first-order valence-corrected chi connectivity index (χ1v) is 7.97. The molecule has 0 fully saturated rings. The number of rotatable bonds is 7. The Kier molecular flexibility index (Phi) is 5.89. The van der Waals surface area contributed by atoms with Crippen LogP contribution < -0.4 is 4.74 Å². The van der Waals surface area contributed by atoms with Gasteiger partial charge in [0, 0.05) is 5.92 Å². The van der Waals surface area contributed by atoms with Crippen molar-refractivity contribution >= 4 is 18.4 Å². The van der Waals surface area contributed by atoms with Crippen LogP contribution in [0.1, 0.15) is 50.9 Å². The number of benzene rings is 1. The zero-order valence-electron chi connectivity index (χ0n) is 13.2. The molecule has 0 saturated carbocycles. The zero-order chi connectivity index (χ0) is 15.9. The van der Waals surface area contributed by atoms with E-state index in [0.717, 1.165) is 36.6 Å². The molecule has 0 aliphatic rings. The number of unbranched alkanes of at least 4 members (excludes halogenated alkanes) is 1. The Morgan fingerprint density at radius 2 is 2.09 bits per heavy atom. The highest BCUT2D eigenvalue weighted by molar-refractivity contribution is 7.71. The average Bonchev–Trinajstić information content (AvgIpc) is 2.88. The first kappa shape index (κ1) is 16.4. The van der Waals surface area contributed by atoms with Crippen LogP contribution in [0.5, 0.6) is 5.75 Å². The van der Waals surface area contributed by atoms with Gasteiger partial charge in [0.2, 0.25) is 4.77 Å². The van der Waals surface area contributed by atoms with Crippen LogP contribution in [0.2, 0.25) is 0 Å². The molecule has 0 bridgehead atoms. The molecule has 1 N–H and O–H groups in total. The Morgan fingerprint density at radius 3 is 2.73 bits per heavy atom. The summed E-state index contributed by atoms with van der Waals surface area (Å²) in [6, 6.07) is 7.86. The lowest BCUT2D eigenvalue weighted by Crippen LogP contribution is -2.01. The van der Waals surface area contributed by atoms with E-state index in [4.69, 9.17) is 17.0 Å². The van der Waals surface area contributed by atoms with E-state index in [2.05, 4.69) is 36.1 Å². The molecule has 1 heterocycles. The van der Waals surface area contributed by atoms with Crippen LogP contribution in [0.3, 0.4) is 0 Å². The van der Waals surface area contributed by atoms with E-state index in [1.165, 1.54) is 0 Å². The minimum Gasteiger partial charge on any atom is -0.494 e. The minimum atomic E-state index is 0.249. The van der Waals surface area contributed by atoms with Crippen molar-refractivity contribution in [2.24, 2.45) is 5.10 Å². The molecule has 2 rings (SSSR count). The third kappa shape index (κ3) is 4.27. The van der Waals surface area contributed by atoms with E-state index in [0.29, 0.717) is 4.77 Å². The summed E-state index contributed by atoms with van der Waals surface area (Å²) in [5.41, 5.74) is 0.987. The van der Waals surface area contributed by atoms with Gasteiger partial charge in [-0.05, 0) is 48.5 Å². The van der Waals surface area contributed by atoms with Crippen LogP contribution in [0.4, 0.5) is 0 Å². The maximum Gasteiger partial charge on any atom is 0.216 e. The highest BCUT2D eigenvalue weighted by Gasteiger charge is 2.08. The van der Waals surface area contributed by atoms with Gasteiger partial charge in [0.15, 0.2) is 5.82 Å². The molecule has 5 nitrogen and oxygen atoms in total. The summed E-state index contributed by atoms with van der Waals surface area (Å²) in [7, 11) is 0. The second kappa shape index (κ2) is 7.89. The van der Waals surface area contributed by atoms with Crippen LogP contribution in [-0.4, -0.2) is 27.7 Å². The van der Waals surface area contributed by atoms with Crippen LogP contribution in [-0.2, 0) is 0 Å². The number of nitrogens with zero attached hydrogens (tertiary/aromatic N) is 3. The average molecular weight is 318 g/mol. The lowest BCUT2D eigenvalue weighted by molar-refractivity contribution is 0.309. The predicted octanol–water partition coefficient (Wildman–Crippen LogP) is 4.13. The highest BCUT2D eigenvalue weighted by atomic mass is 32.1. The lowest BCUT2D eigenvalue weighted by Gasteiger charge is -2.05. The van der Waals surface area contributed by atoms with Crippen molar-refractivity contribution in [3.8, 4) is 5.75 Å². The molecule has 0 aliphatic carbocycles. The Balaban J connectivity index is 2.07. The molecule has 0 unspecified atom stereocenters. The standard InChI is InChI=1S/C16H22N4OS/c1-4-5-10-21-14-8-6-13(7-9-14)11-17-20-15(12(2)3)18-19-16(20)22/h6-9,11-12H,4-5,10H2,1-3H3,(H,19,22)/b17-11-. The van der Waals surface area contributed by atoms with Gasteiger partial charge < -0.3 is 4.74 Å². The summed E-state index contributed by atoms with van der Waals surface area (Å²) in [6.45, 7) is 7.01. The van der Waals surface area contributed by atoms with Gasteiger partial charge in [-0.1, -0.05) is 27.2 Å². The summed E-state index contributed by atoms with van der Waals surface area (Å²) in [4.78, 5) is 0. The quantitative estimate of drug-likeness (QED) is 0.474. The van der Waals surface area contributed by atoms with Crippen molar-refractivity contribution in [3.63, 3.8) is 0 Å². The van der Waals surface area contributed by atoms with Crippen molar-refractivity contribution in [2.75, 3.05) is 6.61 Å². The van der Waals surface area contributed by atoms with Gasteiger partial charge in [-0.2, -0.15) is 14.9 Å². The lowest BCUT2D eigenvalue weighted by atomic mass is 10.2. The molecule has 22 heavy (non-hydrogen) atoms. The molecule has 0 spiro atoms. The van der Waals surface area contributed by atoms with Crippen molar-refractivity contribution in [1.29, 1.82) is 0 Å². The van der Waals surface area contributed by atoms with E-state index in [9.17, 15) is 0 Å². The first-order valence-electron chi connectivity index (χ1n) is 7.56. The van der Waals surface area contributed by atoms with Crippen molar-refractivity contribution < 1.29 is 4.74 Å². The second-order valence-corrected chi connectivity index (χ2v) is 5.76. The van der Waals surface area contributed by atoms with Gasteiger partial charge in [-0.3, -0.25) is 5.10 Å². The van der Waals surface area contributed by atoms with Gasteiger partial charge in [0.05, 0.1) is 12.8 Å². The maximum atomic E-state index is 5.64. The van der Waals surface area contributed by atoms with E-state index in [1.807, 2.05) is 24.3 Å². The second-order valence-electron chi connectivity index (χ2n) is 5.37. The van der Waals surface area contributed by atoms with Crippen LogP contribution in [0.25, 0.3) is 0 Å². The summed E-state index contributed by atoms with van der Waals surface area (Å²) >= 11 is 5.20. The topological polar surface area (TPSA) is 55.2 Å². The van der Waals surface area contributed by atoms with Gasteiger partial charge in [-0.25, -0.2) is 0 Å². The summed E-state index contributed by atoms with van der Waals surface area (Å²) in [6.07, 6.45) is 3.97. The highest BCUT2D eigenvalue weighted by Crippen LogP contribution is 2.13. The molecule has 2 aromatic rings. The third-order valence-electron chi connectivity index (χ3n) is 3.16. The third-order valence-corrected chi connectivity index (χ3v) is 3.43. The molecule has 1 aromatic heterocycles. The predicted molar refractivity (Wildman–Crippen MR) is 91.3 cm³/mol. The number of H-pyrrole nitrogens is 1. The smallest absolute Gasteiger partial charge is 0.216 e. The van der Waals surface area contributed by atoms with Gasteiger partial charge >= 0.3 is 0 Å². The number of aromatic nitrogens is 3. The normalized spacial score (nSPS) is 11.5. The van der Waals surface area contributed by atoms with E-state index in [-0.39, 0.29) is 5.92 Å². The summed E-state index contributed by atoms with van der Waals surface area (Å²) in [5.74, 6) is 1.95. The van der Waals surface area contributed by atoms with E-state index in [1.54, 1.807) is 10.9 Å². The number of ether oxygens (including phenoxy) is 1. The van der Waals surface area contributed by atoms with Gasteiger partial charge in [0.25, 0.3) is 0 Å². The molecule has 0 atom stereocenters. The molecule has 0 amide bonds. The number of hydrogen-bond donors (Lipinski definition) is 1. The van der Waals surface area contributed by atoms with Crippen LogP contribution in [0, 0.1) is 4.77 Å². The molecule has 0 saturated heterocycles. The molecule has 118 valence electrons. The maximum absolute atomic E-state index is 5.64. The van der Waals surface area contributed by atoms with Crippen molar-refractivity contribution in [1.82, 2.24) is 14.9 Å². The molecule has 0 aliphatic heterocycles. The Bertz CT molecular complexity index is 670. The van der Waals surface area contributed by atoms with Gasteiger partial charge in [-0.15, -0.1) is 0 Å². The van der Waals surface area contributed by atoms with Crippen LogP contribution in [0.15, 0.2) is 29.4 Å². The fourth-order valence-corrected chi connectivity index (χ4v) is 2.08. The zero-order valence-corrected chi connectivity index (χ0v) is 14.1. The Hall–Kier alpha value is -1.95. The number of aromatic amines is 1. The fourth-order valence-electron chi connectivity index (χ4n) is 1.90.